The number of hydrogen-bond donors (Lipinski definition) is 2. The van der Waals surface area contributed by atoms with Crippen LogP contribution in [0.4, 0.5) is 5.82 Å². The van der Waals surface area contributed by atoms with Gasteiger partial charge in [0.15, 0.2) is 0 Å². The van der Waals surface area contributed by atoms with Crippen LogP contribution in [0.1, 0.15) is 28.9 Å². The van der Waals surface area contributed by atoms with Crippen LogP contribution < -0.4 is 5.32 Å². The quantitative estimate of drug-likeness (QED) is 0.773. The highest BCUT2D eigenvalue weighted by Crippen LogP contribution is 2.28. The molecule has 1 aromatic carbocycles. The Morgan fingerprint density at radius 2 is 1.95 bits per heavy atom. The molecule has 0 aliphatic rings. The number of carboxylic acids is 1. The predicted molar refractivity (Wildman–Crippen MR) is 84.7 cm³/mol. The minimum Gasteiger partial charge on any atom is -0.478 e. The fourth-order valence-electron chi connectivity index (χ4n) is 1.85. The van der Waals surface area contributed by atoms with E-state index in [-0.39, 0.29) is 16.8 Å². The summed E-state index contributed by atoms with van der Waals surface area (Å²) in [5, 5.41) is 13.2. The summed E-state index contributed by atoms with van der Waals surface area (Å²) in [6.07, 6.45) is 0. The van der Waals surface area contributed by atoms with Crippen LogP contribution in [0.15, 0.2) is 30.3 Å². The number of hydrogen-bond acceptors (Lipinski definition) is 3. The van der Waals surface area contributed by atoms with Crippen molar-refractivity contribution in [3.63, 3.8) is 0 Å². The van der Waals surface area contributed by atoms with Crippen LogP contribution in [0, 0.1) is 0 Å². The lowest BCUT2D eigenvalue weighted by molar-refractivity contribution is 0.0697. The summed E-state index contributed by atoms with van der Waals surface area (Å²) in [6.45, 7) is 1.87. The highest BCUT2D eigenvalue weighted by atomic mass is 35.5. The predicted octanol–water partition coefficient (Wildman–Crippen LogP) is 4.91. The van der Waals surface area contributed by atoms with Gasteiger partial charge in [-0.25, -0.2) is 9.78 Å². The minimum atomic E-state index is -1.07. The van der Waals surface area contributed by atoms with E-state index in [9.17, 15) is 4.79 Å². The molecule has 1 atom stereocenters. The Hall–Kier alpha value is -1.49. The van der Waals surface area contributed by atoms with Gasteiger partial charge in [0.1, 0.15) is 11.0 Å². The van der Waals surface area contributed by atoms with Crippen molar-refractivity contribution in [1.29, 1.82) is 0 Å². The maximum atomic E-state index is 11.0. The van der Waals surface area contributed by atoms with E-state index < -0.39 is 5.97 Å². The second-order valence-corrected chi connectivity index (χ2v) is 5.63. The molecule has 0 saturated heterocycles. The Labute approximate surface area is 136 Å². The van der Waals surface area contributed by atoms with Crippen LogP contribution in [-0.4, -0.2) is 16.1 Å². The normalized spacial score (nSPS) is 12.0. The Morgan fingerprint density at radius 1 is 1.24 bits per heavy atom. The Bertz CT molecular complexity index is 692. The van der Waals surface area contributed by atoms with Gasteiger partial charge in [-0.05, 0) is 36.8 Å². The first-order valence-electron chi connectivity index (χ1n) is 5.99. The first-order chi connectivity index (χ1) is 9.86. The van der Waals surface area contributed by atoms with E-state index in [4.69, 9.17) is 39.9 Å². The molecule has 0 fully saturated rings. The number of pyridine rings is 1. The van der Waals surface area contributed by atoms with Crippen molar-refractivity contribution in [2.45, 2.75) is 13.0 Å². The van der Waals surface area contributed by atoms with Crippen LogP contribution in [0.5, 0.6) is 0 Å². The molecule has 110 valence electrons. The van der Waals surface area contributed by atoms with Gasteiger partial charge in [-0.2, -0.15) is 0 Å². The monoisotopic (exact) mass is 344 g/mol. The third-order valence-electron chi connectivity index (χ3n) is 2.83. The summed E-state index contributed by atoms with van der Waals surface area (Å²) >= 11 is 17.8. The van der Waals surface area contributed by atoms with Gasteiger partial charge < -0.3 is 10.4 Å². The third kappa shape index (κ3) is 4.00. The zero-order valence-corrected chi connectivity index (χ0v) is 13.2. The average molecular weight is 346 g/mol. The summed E-state index contributed by atoms with van der Waals surface area (Å²) in [7, 11) is 0. The fourth-order valence-corrected chi connectivity index (χ4v) is 2.63. The van der Waals surface area contributed by atoms with Crippen molar-refractivity contribution in [2.24, 2.45) is 0 Å². The number of carbonyl (C=O) groups is 1. The number of halogens is 3. The molecule has 4 nitrogen and oxygen atoms in total. The summed E-state index contributed by atoms with van der Waals surface area (Å²) < 4.78 is 0. The first-order valence-corrected chi connectivity index (χ1v) is 7.12. The first kappa shape index (κ1) is 15.9. The molecule has 21 heavy (non-hydrogen) atoms. The summed E-state index contributed by atoms with van der Waals surface area (Å²) in [6, 6.07) is 7.68. The van der Waals surface area contributed by atoms with E-state index in [1.54, 1.807) is 18.2 Å². The minimum absolute atomic E-state index is 0.0619. The summed E-state index contributed by atoms with van der Waals surface area (Å²) in [4.78, 5) is 15.1. The molecule has 1 heterocycles. The molecule has 7 heteroatoms. The van der Waals surface area contributed by atoms with Crippen molar-refractivity contribution in [3.05, 3.63) is 56.7 Å². The second kappa shape index (κ2) is 6.52. The van der Waals surface area contributed by atoms with E-state index in [1.807, 2.05) is 6.92 Å². The van der Waals surface area contributed by atoms with Gasteiger partial charge in [0.05, 0.1) is 11.6 Å². The molecular weight excluding hydrogens is 335 g/mol. The molecule has 2 rings (SSSR count). The lowest BCUT2D eigenvalue weighted by Crippen LogP contribution is -2.10. The zero-order valence-electron chi connectivity index (χ0n) is 10.9. The third-order valence-corrected chi connectivity index (χ3v) is 3.59. The van der Waals surface area contributed by atoms with Crippen molar-refractivity contribution < 1.29 is 9.90 Å². The molecule has 0 saturated carbocycles. The van der Waals surface area contributed by atoms with Crippen LogP contribution >= 0.6 is 34.8 Å². The zero-order chi connectivity index (χ0) is 15.6. The largest absolute Gasteiger partial charge is 0.478 e. The lowest BCUT2D eigenvalue weighted by Gasteiger charge is -2.17. The maximum absolute atomic E-state index is 11.0. The number of rotatable bonds is 4. The van der Waals surface area contributed by atoms with E-state index in [0.717, 1.165) is 5.56 Å². The van der Waals surface area contributed by atoms with Crippen LogP contribution in [0.2, 0.25) is 15.2 Å². The molecule has 0 aliphatic heterocycles. The van der Waals surface area contributed by atoms with Crippen molar-refractivity contribution in [1.82, 2.24) is 4.98 Å². The molecule has 1 aromatic heterocycles. The standard InChI is InChI=1S/C14H11Cl3N2O2/c1-7(10-3-2-9(15)6-11(10)16)18-13-5-8(14(20)21)4-12(17)19-13/h2-7H,1H3,(H,18,19)(H,20,21). The number of nitrogens with zero attached hydrogens (tertiary/aromatic N) is 1. The van der Waals surface area contributed by atoms with Crippen molar-refractivity contribution >= 4 is 46.6 Å². The van der Waals surface area contributed by atoms with E-state index >= 15 is 0 Å². The van der Waals surface area contributed by atoms with Gasteiger partial charge in [-0.3, -0.25) is 0 Å². The van der Waals surface area contributed by atoms with Gasteiger partial charge in [0.2, 0.25) is 0 Å². The SMILES string of the molecule is CC(Nc1cc(C(=O)O)cc(Cl)n1)c1ccc(Cl)cc1Cl. The van der Waals surface area contributed by atoms with Gasteiger partial charge in [-0.15, -0.1) is 0 Å². The maximum Gasteiger partial charge on any atom is 0.335 e. The number of aromatic nitrogens is 1. The number of benzene rings is 1. The van der Waals surface area contributed by atoms with Crippen LogP contribution in [0.25, 0.3) is 0 Å². The molecular formula is C14H11Cl3N2O2. The molecule has 0 aliphatic carbocycles. The lowest BCUT2D eigenvalue weighted by atomic mass is 10.1. The van der Waals surface area contributed by atoms with Crippen LogP contribution in [-0.2, 0) is 0 Å². The number of anilines is 1. The Morgan fingerprint density at radius 3 is 2.57 bits per heavy atom. The number of aromatic carboxylic acids is 1. The second-order valence-electron chi connectivity index (χ2n) is 4.40. The molecule has 0 amide bonds. The fraction of sp³-hybridized carbons (Fsp3) is 0.143. The van der Waals surface area contributed by atoms with Gasteiger partial charge in [-0.1, -0.05) is 40.9 Å². The highest BCUT2D eigenvalue weighted by molar-refractivity contribution is 6.35. The highest BCUT2D eigenvalue weighted by Gasteiger charge is 2.13. The Kier molecular flexibility index (Phi) is 4.93. The molecule has 1 unspecified atom stereocenters. The topological polar surface area (TPSA) is 62.2 Å². The molecule has 2 aromatic rings. The molecule has 0 spiro atoms. The Balaban J connectivity index is 2.27. The van der Waals surface area contributed by atoms with Crippen molar-refractivity contribution in [2.75, 3.05) is 5.32 Å². The van der Waals surface area contributed by atoms with E-state index in [2.05, 4.69) is 10.3 Å². The van der Waals surface area contributed by atoms with Gasteiger partial charge in [0, 0.05) is 10.0 Å². The smallest absolute Gasteiger partial charge is 0.335 e. The summed E-state index contributed by atoms with van der Waals surface area (Å²) in [5.74, 6) is -0.710. The van der Waals surface area contributed by atoms with Crippen LogP contribution in [0.3, 0.4) is 0 Å². The van der Waals surface area contributed by atoms with E-state index in [1.165, 1.54) is 12.1 Å². The van der Waals surface area contributed by atoms with Gasteiger partial charge in [0.25, 0.3) is 0 Å². The number of nitrogens with one attached hydrogen (secondary N) is 1. The average Bonchev–Trinajstić information content (AvgIpc) is 2.37. The molecule has 0 radical (unpaired) electrons. The van der Waals surface area contributed by atoms with Crippen molar-refractivity contribution in [3.8, 4) is 0 Å². The van der Waals surface area contributed by atoms with Gasteiger partial charge >= 0.3 is 5.97 Å². The van der Waals surface area contributed by atoms with E-state index in [0.29, 0.717) is 15.9 Å². The number of carboxylic acid groups (broad SMARTS) is 1. The molecule has 2 N–H and O–H groups in total. The summed E-state index contributed by atoms with van der Waals surface area (Å²) in [5.41, 5.74) is 0.881. The molecule has 0 bridgehead atoms.